The number of hydrogen-bond donors (Lipinski definition) is 2. The van der Waals surface area contributed by atoms with Crippen molar-refractivity contribution in [3.05, 3.63) is 29.8 Å². The summed E-state index contributed by atoms with van der Waals surface area (Å²) in [6, 6.07) is 8.62. The number of likely N-dealkylation sites (tertiary alicyclic amines) is 1. The van der Waals surface area contributed by atoms with Gasteiger partial charge in [0.1, 0.15) is 5.75 Å². The summed E-state index contributed by atoms with van der Waals surface area (Å²) in [5, 5.41) is 6.08. The van der Waals surface area contributed by atoms with Crippen molar-refractivity contribution in [2.75, 3.05) is 26.2 Å². The first-order valence-electron chi connectivity index (χ1n) is 9.74. The molecule has 0 bridgehead atoms. The van der Waals surface area contributed by atoms with Crippen LogP contribution in [0.25, 0.3) is 0 Å². The van der Waals surface area contributed by atoms with Gasteiger partial charge in [-0.05, 0) is 51.8 Å². The van der Waals surface area contributed by atoms with Crippen molar-refractivity contribution >= 4 is 6.03 Å². The minimum absolute atomic E-state index is 0.0409. The lowest BCUT2D eigenvalue weighted by Gasteiger charge is -2.33. The van der Waals surface area contributed by atoms with Gasteiger partial charge in [0.05, 0.1) is 12.6 Å². The number of nitrogens with zero attached hydrogens (tertiary/aromatic N) is 1. The van der Waals surface area contributed by atoms with E-state index in [0.717, 1.165) is 49.7 Å². The first-order valence-corrected chi connectivity index (χ1v) is 9.74. The van der Waals surface area contributed by atoms with Gasteiger partial charge in [0.15, 0.2) is 0 Å². The van der Waals surface area contributed by atoms with Crippen LogP contribution in [0.5, 0.6) is 5.75 Å². The summed E-state index contributed by atoms with van der Waals surface area (Å²) < 4.78 is 5.64. The Hall–Kier alpha value is -1.75. The number of urea groups is 1. The Balaban J connectivity index is 1.34. The number of hydrogen-bond acceptors (Lipinski definition) is 3. The quantitative estimate of drug-likeness (QED) is 0.776. The lowest BCUT2D eigenvalue weighted by molar-refractivity contribution is 0.158. The number of piperidine rings is 1. The molecule has 2 aliphatic rings. The zero-order valence-electron chi connectivity index (χ0n) is 15.3. The van der Waals surface area contributed by atoms with E-state index in [-0.39, 0.29) is 12.1 Å². The number of carbonyl (C=O) groups is 1. The molecule has 2 heterocycles. The van der Waals surface area contributed by atoms with Crippen LogP contribution in [0, 0.1) is 0 Å². The Kier molecular flexibility index (Phi) is 6.56. The number of benzene rings is 1. The normalized spacial score (nSPS) is 23.4. The summed E-state index contributed by atoms with van der Waals surface area (Å²) >= 11 is 0. The number of rotatable bonds is 6. The molecule has 0 unspecified atom stereocenters. The van der Waals surface area contributed by atoms with Gasteiger partial charge in [-0.25, -0.2) is 4.79 Å². The van der Waals surface area contributed by atoms with Gasteiger partial charge in [-0.2, -0.15) is 0 Å². The highest BCUT2D eigenvalue weighted by Gasteiger charge is 2.22. The predicted octanol–water partition coefficient (Wildman–Crippen LogP) is 3.46. The van der Waals surface area contributed by atoms with E-state index in [4.69, 9.17) is 4.74 Å². The van der Waals surface area contributed by atoms with Crippen LogP contribution in [0.4, 0.5) is 4.79 Å². The second-order valence-corrected chi connectivity index (χ2v) is 7.22. The van der Waals surface area contributed by atoms with Crippen molar-refractivity contribution < 1.29 is 9.53 Å². The minimum atomic E-state index is -0.0759. The maximum absolute atomic E-state index is 12.2. The van der Waals surface area contributed by atoms with Crippen molar-refractivity contribution in [2.24, 2.45) is 0 Å². The third-order valence-corrected chi connectivity index (χ3v) is 5.36. The molecule has 0 aliphatic carbocycles. The van der Waals surface area contributed by atoms with Crippen LogP contribution in [0.2, 0.25) is 0 Å². The van der Waals surface area contributed by atoms with Crippen molar-refractivity contribution in [2.45, 2.75) is 57.5 Å². The number of carbonyl (C=O) groups excluding carboxylic acids is 1. The Morgan fingerprint density at radius 2 is 2.12 bits per heavy atom. The lowest BCUT2D eigenvalue weighted by Crippen LogP contribution is -2.40. The number of unbranched alkanes of at least 4 members (excludes halogenated alkanes) is 1. The Morgan fingerprint density at radius 1 is 1.24 bits per heavy atom. The smallest absolute Gasteiger partial charge is 0.315 e. The molecule has 5 nitrogen and oxygen atoms in total. The van der Waals surface area contributed by atoms with E-state index < -0.39 is 0 Å². The molecule has 0 aromatic heterocycles. The molecule has 2 atom stereocenters. The molecule has 2 amide bonds. The lowest BCUT2D eigenvalue weighted by atomic mass is 10.0. The van der Waals surface area contributed by atoms with Crippen LogP contribution in [-0.2, 0) is 0 Å². The van der Waals surface area contributed by atoms with E-state index >= 15 is 0 Å². The molecule has 5 heteroatoms. The first kappa shape index (κ1) is 18.1. The molecular formula is C20H31N3O2. The van der Waals surface area contributed by atoms with Gasteiger partial charge < -0.3 is 20.3 Å². The molecule has 0 saturated carbocycles. The van der Waals surface area contributed by atoms with Crippen molar-refractivity contribution in [1.29, 1.82) is 0 Å². The molecule has 3 rings (SSSR count). The second kappa shape index (κ2) is 9.09. The third kappa shape index (κ3) is 5.11. The number of amides is 2. The standard InChI is InChI=1S/C20H31N3O2/c1-16-8-4-6-13-23(16)14-7-5-12-21-20(24)22-18-11-15-25-19-10-3-2-9-17(18)19/h2-3,9-10,16,18H,4-8,11-15H2,1H3,(H2,21,22,24)/t16-,18-/m0/s1. The van der Waals surface area contributed by atoms with E-state index in [1.54, 1.807) is 0 Å². The number of ether oxygens (including phenoxy) is 1. The number of para-hydroxylation sites is 1. The molecule has 2 N–H and O–H groups in total. The van der Waals surface area contributed by atoms with Gasteiger partial charge in [-0.15, -0.1) is 0 Å². The van der Waals surface area contributed by atoms with E-state index in [9.17, 15) is 4.79 Å². The molecule has 25 heavy (non-hydrogen) atoms. The van der Waals surface area contributed by atoms with Crippen molar-refractivity contribution in [3.8, 4) is 5.75 Å². The summed E-state index contributed by atoms with van der Waals surface area (Å²) in [6.07, 6.45) is 7.02. The van der Waals surface area contributed by atoms with E-state index in [1.165, 1.54) is 25.8 Å². The molecule has 1 aromatic rings. The van der Waals surface area contributed by atoms with Gasteiger partial charge in [0, 0.05) is 24.6 Å². The maximum atomic E-state index is 12.2. The first-order chi connectivity index (χ1) is 12.2. The molecule has 2 aliphatic heterocycles. The fourth-order valence-electron chi connectivity index (χ4n) is 3.83. The van der Waals surface area contributed by atoms with Crippen LogP contribution in [0.1, 0.15) is 57.1 Å². The topological polar surface area (TPSA) is 53.6 Å². The molecule has 138 valence electrons. The SMILES string of the molecule is C[C@H]1CCCCN1CCCCNC(=O)N[C@H]1CCOc2ccccc21. The Morgan fingerprint density at radius 3 is 3.00 bits per heavy atom. The van der Waals surface area contributed by atoms with Crippen LogP contribution in [0.3, 0.4) is 0 Å². The Bertz CT molecular complexity index is 564. The van der Waals surface area contributed by atoms with Crippen LogP contribution >= 0.6 is 0 Å². The zero-order chi connectivity index (χ0) is 17.5. The summed E-state index contributed by atoms with van der Waals surface area (Å²) in [4.78, 5) is 14.8. The number of nitrogens with one attached hydrogen (secondary N) is 2. The second-order valence-electron chi connectivity index (χ2n) is 7.22. The largest absolute Gasteiger partial charge is 0.493 e. The number of fused-ring (bicyclic) bond motifs is 1. The minimum Gasteiger partial charge on any atom is -0.493 e. The average molecular weight is 345 g/mol. The summed E-state index contributed by atoms with van der Waals surface area (Å²) in [5.74, 6) is 0.884. The highest BCUT2D eigenvalue weighted by Crippen LogP contribution is 2.31. The predicted molar refractivity (Wildman–Crippen MR) is 99.9 cm³/mol. The fraction of sp³-hybridized carbons (Fsp3) is 0.650. The third-order valence-electron chi connectivity index (χ3n) is 5.36. The highest BCUT2D eigenvalue weighted by atomic mass is 16.5. The van der Waals surface area contributed by atoms with Crippen molar-refractivity contribution in [1.82, 2.24) is 15.5 Å². The van der Waals surface area contributed by atoms with E-state index in [1.807, 2.05) is 24.3 Å². The molecular weight excluding hydrogens is 314 g/mol. The van der Waals surface area contributed by atoms with Gasteiger partial charge in [0.25, 0.3) is 0 Å². The monoisotopic (exact) mass is 345 g/mol. The van der Waals surface area contributed by atoms with E-state index in [2.05, 4.69) is 22.5 Å². The van der Waals surface area contributed by atoms with Crippen molar-refractivity contribution in [3.63, 3.8) is 0 Å². The average Bonchev–Trinajstić information content (AvgIpc) is 2.63. The van der Waals surface area contributed by atoms with E-state index in [0.29, 0.717) is 6.61 Å². The van der Waals surface area contributed by atoms with Crippen LogP contribution < -0.4 is 15.4 Å². The molecule has 0 spiro atoms. The summed E-state index contributed by atoms with van der Waals surface area (Å²) in [7, 11) is 0. The maximum Gasteiger partial charge on any atom is 0.315 e. The van der Waals surface area contributed by atoms with Crippen LogP contribution in [-0.4, -0.2) is 43.2 Å². The van der Waals surface area contributed by atoms with Crippen LogP contribution in [0.15, 0.2) is 24.3 Å². The Labute approximate surface area is 151 Å². The van der Waals surface area contributed by atoms with Gasteiger partial charge in [-0.1, -0.05) is 24.6 Å². The molecule has 0 radical (unpaired) electrons. The molecule has 1 saturated heterocycles. The van der Waals surface area contributed by atoms with Gasteiger partial charge in [0.2, 0.25) is 0 Å². The van der Waals surface area contributed by atoms with Gasteiger partial charge >= 0.3 is 6.03 Å². The molecule has 1 fully saturated rings. The summed E-state index contributed by atoms with van der Waals surface area (Å²) in [5.41, 5.74) is 1.07. The fourth-order valence-corrected chi connectivity index (χ4v) is 3.83. The highest BCUT2D eigenvalue weighted by molar-refractivity contribution is 5.74. The summed E-state index contributed by atoms with van der Waals surface area (Å²) in [6.45, 7) is 6.10. The zero-order valence-corrected chi connectivity index (χ0v) is 15.3. The molecule has 1 aromatic carbocycles. The van der Waals surface area contributed by atoms with Gasteiger partial charge in [-0.3, -0.25) is 0 Å².